The predicted octanol–water partition coefficient (Wildman–Crippen LogP) is 3.22. The Kier molecular flexibility index (Phi) is 6.40. The van der Waals surface area contributed by atoms with Crippen molar-refractivity contribution in [3.05, 3.63) is 57.7 Å². The first kappa shape index (κ1) is 17.3. The zero-order chi connectivity index (χ0) is 16.7. The van der Waals surface area contributed by atoms with Crippen molar-refractivity contribution in [2.45, 2.75) is 6.92 Å². The topological polar surface area (TPSA) is 59.9 Å². The number of ether oxygens (including phenoxy) is 2. The van der Waals surface area contributed by atoms with E-state index in [2.05, 4.69) is 33.1 Å². The molecule has 0 fully saturated rings. The number of hydrogen-bond acceptors (Lipinski definition) is 4. The lowest BCUT2D eigenvalue weighted by atomic mass is 10.1. The highest BCUT2D eigenvalue weighted by Gasteiger charge is 2.06. The molecule has 0 saturated heterocycles. The van der Waals surface area contributed by atoms with E-state index in [0.29, 0.717) is 5.75 Å². The lowest BCUT2D eigenvalue weighted by Crippen LogP contribution is -2.25. The van der Waals surface area contributed by atoms with Gasteiger partial charge < -0.3 is 9.47 Å². The molecule has 0 aromatic heterocycles. The van der Waals surface area contributed by atoms with Gasteiger partial charge in [-0.2, -0.15) is 5.10 Å². The predicted molar refractivity (Wildman–Crippen MR) is 98.0 cm³/mol. The molecule has 23 heavy (non-hydrogen) atoms. The van der Waals surface area contributed by atoms with Crippen LogP contribution in [0.5, 0.6) is 11.5 Å². The summed E-state index contributed by atoms with van der Waals surface area (Å²) in [7, 11) is 1.60. The standard InChI is InChI=1S/C17H17IN2O3/c1-12(13-6-4-3-5-7-13)19-20-17(21)11-23-16-9-8-14(22-2)10-15(16)18/h3-10H,11H2,1-2H3,(H,20,21)/b19-12-. The third-order valence-electron chi connectivity index (χ3n) is 3.04. The van der Waals surface area contributed by atoms with Gasteiger partial charge in [-0.3, -0.25) is 4.79 Å². The van der Waals surface area contributed by atoms with Crippen molar-refractivity contribution in [3.63, 3.8) is 0 Å². The number of halogens is 1. The minimum Gasteiger partial charge on any atom is -0.497 e. The zero-order valence-corrected chi connectivity index (χ0v) is 15.0. The Labute approximate surface area is 148 Å². The molecule has 0 saturated carbocycles. The fourth-order valence-corrected chi connectivity index (χ4v) is 2.43. The summed E-state index contributed by atoms with van der Waals surface area (Å²) in [6.07, 6.45) is 0. The number of benzene rings is 2. The second-order valence-electron chi connectivity index (χ2n) is 4.68. The van der Waals surface area contributed by atoms with Crippen molar-refractivity contribution < 1.29 is 14.3 Å². The molecule has 0 heterocycles. The van der Waals surface area contributed by atoms with E-state index in [1.165, 1.54) is 0 Å². The van der Waals surface area contributed by atoms with Crippen LogP contribution in [0.15, 0.2) is 53.6 Å². The fraction of sp³-hybridized carbons (Fsp3) is 0.176. The van der Waals surface area contributed by atoms with Crippen molar-refractivity contribution in [3.8, 4) is 11.5 Å². The highest BCUT2D eigenvalue weighted by atomic mass is 127. The van der Waals surface area contributed by atoms with Crippen molar-refractivity contribution >= 4 is 34.2 Å². The van der Waals surface area contributed by atoms with Crippen LogP contribution in [0.25, 0.3) is 0 Å². The van der Waals surface area contributed by atoms with Crippen LogP contribution >= 0.6 is 22.6 Å². The van der Waals surface area contributed by atoms with Gasteiger partial charge in [-0.1, -0.05) is 30.3 Å². The van der Waals surface area contributed by atoms with Crippen molar-refractivity contribution in [1.29, 1.82) is 0 Å². The van der Waals surface area contributed by atoms with Crippen LogP contribution in [0.1, 0.15) is 12.5 Å². The van der Waals surface area contributed by atoms with E-state index in [1.54, 1.807) is 19.2 Å². The Morgan fingerprint density at radius 3 is 2.61 bits per heavy atom. The molecule has 2 aromatic rings. The number of hydrazone groups is 1. The molecule has 5 nitrogen and oxygen atoms in total. The summed E-state index contributed by atoms with van der Waals surface area (Å²) in [5.74, 6) is 1.06. The molecule has 1 N–H and O–H groups in total. The maximum Gasteiger partial charge on any atom is 0.277 e. The average Bonchev–Trinajstić information content (AvgIpc) is 2.59. The third-order valence-corrected chi connectivity index (χ3v) is 3.88. The summed E-state index contributed by atoms with van der Waals surface area (Å²) in [5.41, 5.74) is 4.18. The van der Waals surface area contributed by atoms with Gasteiger partial charge in [-0.05, 0) is 53.3 Å². The summed E-state index contributed by atoms with van der Waals surface area (Å²) in [4.78, 5) is 11.8. The first-order valence-electron chi connectivity index (χ1n) is 6.95. The molecule has 0 unspecified atom stereocenters. The lowest BCUT2D eigenvalue weighted by molar-refractivity contribution is -0.123. The molecule has 0 bridgehead atoms. The van der Waals surface area contributed by atoms with Crippen LogP contribution in [0, 0.1) is 3.57 Å². The largest absolute Gasteiger partial charge is 0.497 e. The summed E-state index contributed by atoms with van der Waals surface area (Å²) in [6, 6.07) is 15.0. The monoisotopic (exact) mass is 424 g/mol. The second kappa shape index (κ2) is 8.52. The smallest absolute Gasteiger partial charge is 0.277 e. The summed E-state index contributed by atoms with van der Waals surface area (Å²) >= 11 is 2.13. The van der Waals surface area contributed by atoms with Crippen LogP contribution in [-0.4, -0.2) is 25.3 Å². The Morgan fingerprint density at radius 2 is 1.96 bits per heavy atom. The first-order chi connectivity index (χ1) is 11.1. The quantitative estimate of drug-likeness (QED) is 0.440. The van der Waals surface area contributed by atoms with Crippen LogP contribution in [-0.2, 0) is 4.79 Å². The Bertz CT molecular complexity index is 702. The normalized spacial score (nSPS) is 11.0. The molecule has 0 radical (unpaired) electrons. The van der Waals surface area contributed by atoms with E-state index >= 15 is 0 Å². The molecule has 2 rings (SSSR count). The van der Waals surface area contributed by atoms with E-state index in [1.807, 2.05) is 43.3 Å². The van der Waals surface area contributed by atoms with Crippen LogP contribution < -0.4 is 14.9 Å². The van der Waals surface area contributed by atoms with Gasteiger partial charge in [0.15, 0.2) is 6.61 Å². The number of hydrogen-bond donors (Lipinski definition) is 1. The number of nitrogens with one attached hydrogen (secondary N) is 1. The van der Waals surface area contributed by atoms with Crippen molar-refractivity contribution in [2.24, 2.45) is 5.10 Å². The van der Waals surface area contributed by atoms with Crippen LogP contribution in [0.3, 0.4) is 0 Å². The van der Waals surface area contributed by atoms with Gasteiger partial charge in [-0.15, -0.1) is 0 Å². The van der Waals surface area contributed by atoms with Gasteiger partial charge in [0.2, 0.25) is 0 Å². The van der Waals surface area contributed by atoms with Crippen LogP contribution in [0.2, 0.25) is 0 Å². The van der Waals surface area contributed by atoms with Crippen LogP contribution in [0.4, 0.5) is 0 Å². The molecule has 6 heteroatoms. The molecule has 0 spiro atoms. The van der Waals surface area contributed by atoms with E-state index in [-0.39, 0.29) is 12.5 Å². The van der Waals surface area contributed by atoms with Crippen molar-refractivity contribution in [1.82, 2.24) is 5.43 Å². The number of carbonyl (C=O) groups is 1. The molecule has 2 aromatic carbocycles. The van der Waals surface area contributed by atoms with Gasteiger partial charge in [-0.25, -0.2) is 5.43 Å². The summed E-state index contributed by atoms with van der Waals surface area (Å²) < 4.78 is 11.5. The maximum absolute atomic E-state index is 11.8. The number of rotatable bonds is 6. The molecule has 1 amide bonds. The second-order valence-corrected chi connectivity index (χ2v) is 5.85. The average molecular weight is 424 g/mol. The maximum atomic E-state index is 11.8. The Morgan fingerprint density at radius 1 is 1.22 bits per heavy atom. The Balaban J connectivity index is 1.88. The molecule has 0 aliphatic heterocycles. The number of carbonyl (C=O) groups excluding carboxylic acids is 1. The molecule has 0 aliphatic rings. The minimum absolute atomic E-state index is 0.103. The van der Waals surface area contributed by atoms with E-state index in [0.717, 1.165) is 20.6 Å². The number of amides is 1. The SMILES string of the molecule is COc1ccc(OCC(=O)N/N=C(/C)c2ccccc2)c(I)c1. The van der Waals surface area contributed by atoms with Crippen molar-refractivity contribution in [2.75, 3.05) is 13.7 Å². The molecule has 0 aliphatic carbocycles. The highest BCUT2D eigenvalue weighted by molar-refractivity contribution is 14.1. The van der Waals surface area contributed by atoms with E-state index < -0.39 is 0 Å². The highest BCUT2D eigenvalue weighted by Crippen LogP contribution is 2.25. The van der Waals surface area contributed by atoms with Gasteiger partial charge in [0.25, 0.3) is 5.91 Å². The van der Waals surface area contributed by atoms with Gasteiger partial charge >= 0.3 is 0 Å². The van der Waals surface area contributed by atoms with Gasteiger partial charge in [0.1, 0.15) is 11.5 Å². The van der Waals surface area contributed by atoms with Gasteiger partial charge in [0, 0.05) is 0 Å². The summed E-state index contributed by atoms with van der Waals surface area (Å²) in [5, 5.41) is 4.07. The number of methoxy groups -OCH3 is 1. The Hall–Kier alpha value is -2.09. The minimum atomic E-state index is -0.313. The molecule has 0 atom stereocenters. The third kappa shape index (κ3) is 5.24. The van der Waals surface area contributed by atoms with E-state index in [4.69, 9.17) is 9.47 Å². The lowest BCUT2D eigenvalue weighted by Gasteiger charge is -2.09. The molecule has 120 valence electrons. The van der Waals surface area contributed by atoms with Gasteiger partial charge in [0.05, 0.1) is 16.4 Å². The van der Waals surface area contributed by atoms with E-state index in [9.17, 15) is 4.79 Å². The molecular weight excluding hydrogens is 407 g/mol. The zero-order valence-electron chi connectivity index (χ0n) is 12.9. The molecular formula is C17H17IN2O3. The fourth-order valence-electron chi connectivity index (χ4n) is 1.79. The number of nitrogens with zero attached hydrogens (tertiary/aromatic N) is 1. The summed E-state index contributed by atoms with van der Waals surface area (Å²) in [6.45, 7) is 1.73. The first-order valence-corrected chi connectivity index (χ1v) is 8.03.